The summed E-state index contributed by atoms with van der Waals surface area (Å²) >= 11 is 0. The van der Waals surface area contributed by atoms with Gasteiger partial charge in [0.05, 0.1) is 22.6 Å². The zero-order valence-electron chi connectivity index (χ0n) is 15.3. The maximum Gasteiger partial charge on any atom is 0.257 e. The van der Waals surface area contributed by atoms with Crippen molar-refractivity contribution in [2.24, 2.45) is 5.92 Å². The Morgan fingerprint density at radius 2 is 2.00 bits per heavy atom. The highest BCUT2D eigenvalue weighted by Crippen LogP contribution is 2.25. The van der Waals surface area contributed by atoms with Crippen molar-refractivity contribution in [2.75, 3.05) is 13.1 Å². The monoisotopic (exact) mass is 343 g/mol. The average molecular weight is 343 g/mol. The number of hydrogen-bond acceptors (Lipinski definition) is 2. The van der Waals surface area contributed by atoms with Crippen LogP contribution < -0.4 is 0 Å². The first-order valence-corrected chi connectivity index (χ1v) is 9.17. The van der Waals surface area contributed by atoms with Gasteiger partial charge in [0.2, 0.25) is 0 Å². The first-order chi connectivity index (χ1) is 12.0. The molecule has 1 aliphatic rings. The summed E-state index contributed by atoms with van der Waals surface area (Å²) in [6.07, 6.45) is 3.54. The molecule has 1 aromatic carbocycles. The van der Waals surface area contributed by atoms with Gasteiger partial charge in [0.25, 0.3) is 5.91 Å². The molecule has 1 aliphatic heterocycles. The van der Waals surface area contributed by atoms with Crippen LogP contribution in [-0.2, 0) is 12.8 Å². The maximum absolute atomic E-state index is 13.7. The molecule has 0 N–H and O–H groups in total. The van der Waals surface area contributed by atoms with Gasteiger partial charge in [-0.15, -0.1) is 0 Å². The lowest BCUT2D eigenvalue weighted by atomic mass is 10.0. The molecule has 0 atom stereocenters. The number of carbonyl (C=O) groups is 1. The second kappa shape index (κ2) is 7.38. The Balaban J connectivity index is 2.12. The SMILES string of the molecule is CCc1c(C(=O)N2CCCC2)c(CC(C)C)nn1-c1cccc(F)c1. The van der Waals surface area contributed by atoms with Crippen LogP contribution >= 0.6 is 0 Å². The van der Waals surface area contributed by atoms with Crippen LogP contribution in [0, 0.1) is 11.7 Å². The van der Waals surface area contributed by atoms with Crippen LogP contribution in [-0.4, -0.2) is 33.7 Å². The summed E-state index contributed by atoms with van der Waals surface area (Å²) in [4.78, 5) is 15.1. The molecule has 5 heteroatoms. The highest BCUT2D eigenvalue weighted by Gasteiger charge is 2.28. The summed E-state index contributed by atoms with van der Waals surface area (Å²) in [7, 11) is 0. The van der Waals surface area contributed by atoms with Gasteiger partial charge in [-0.3, -0.25) is 4.79 Å². The zero-order chi connectivity index (χ0) is 18.0. The van der Waals surface area contributed by atoms with Crippen molar-refractivity contribution in [3.63, 3.8) is 0 Å². The molecule has 1 saturated heterocycles. The van der Waals surface area contributed by atoms with Crippen molar-refractivity contribution >= 4 is 5.91 Å². The molecule has 1 amide bonds. The molecule has 2 heterocycles. The van der Waals surface area contributed by atoms with E-state index in [0.29, 0.717) is 18.0 Å². The minimum atomic E-state index is -0.298. The third kappa shape index (κ3) is 3.60. The van der Waals surface area contributed by atoms with Crippen LogP contribution in [0.4, 0.5) is 4.39 Å². The van der Waals surface area contributed by atoms with Gasteiger partial charge in [0.15, 0.2) is 0 Å². The van der Waals surface area contributed by atoms with E-state index >= 15 is 0 Å². The fraction of sp³-hybridized carbons (Fsp3) is 0.500. The zero-order valence-corrected chi connectivity index (χ0v) is 15.3. The van der Waals surface area contributed by atoms with Crippen LogP contribution in [0.15, 0.2) is 24.3 Å². The summed E-state index contributed by atoms with van der Waals surface area (Å²) in [6.45, 7) is 7.89. The Bertz CT molecular complexity index is 760. The predicted octanol–water partition coefficient (Wildman–Crippen LogP) is 4.01. The van der Waals surface area contributed by atoms with Crippen LogP contribution in [0.1, 0.15) is 55.4 Å². The first-order valence-electron chi connectivity index (χ1n) is 9.17. The number of carbonyl (C=O) groups excluding carboxylic acids is 1. The number of likely N-dealkylation sites (tertiary alicyclic amines) is 1. The summed E-state index contributed by atoms with van der Waals surface area (Å²) < 4.78 is 15.4. The second-order valence-corrected chi connectivity index (χ2v) is 7.11. The van der Waals surface area contributed by atoms with Crippen LogP contribution in [0.25, 0.3) is 5.69 Å². The summed E-state index contributed by atoms with van der Waals surface area (Å²) in [5, 5.41) is 4.73. The Hall–Kier alpha value is -2.17. The number of rotatable bonds is 5. The number of aromatic nitrogens is 2. The second-order valence-electron chi connectivity index (χ2n) is 7.11. The number of hydrogen-bond donors (Lipinski definition) is 0. The molecule has 1 fully saturated rings. The lowest BCUT2D eigenvalue weighted by Crippen LogP contribution is -2.29. The van der Waals surface area contributed by atoms with E-state index in [0.717, 1.165) is 49.3 Å². The molecule has 0 saturated carbocycles. The average Bonchev–Trinajstić information content (AvgIpc) is 3.21. The van der Waals surface area contributed by atoms with Crippen molar-refractivity contribution in [3.05, 3.63) is 47.0 Å². The van der Waals surface area contributed by atoms with E-state index in [9.17, 15) is 9.18 Å². The highest BCUT2D eigenvalue weighted by atomic mass is 19.1. The largest absolute Gasteiger partial charge is 0.339 e. The third-order valence-corrected chi connectivity index (χ3v) is 4.65. The normalized spacial score (nSPS) is 14.5. The van der Waals surface area contributed by atoms with Gasteiger partial charge in [0, 0.05) is 13.1 Å². The van der Waals surface area contributed by atoms with Gasteiger partial charge in [-0.25, -0.2) is 9.07 Å². The summed E-state index contributed by atoms with van der Waals surface area (Å²) in [5.74, 6) is 0.172. The van der Waals surface area contributed by atoms with Crippen LogP contribution in [0.2, 0.25) is 0 Å². The first kappa shape index (κ1) is 17.6. The molecule has 3 rings (SSSR count). The summed E-state index contributed by atoms with van der Waals surface area (Å²) in [6, 6.07) is 6.40. The third-order valence-electron chi connectivity index (χ3n) is 4.65. The number of amides is 1. The Morgan fingerprint density at radius 3 is 2.60 bits per heavy atom. The van der Waals surface area contributed by atoms with Crippen LogP contribution in [0.3, 0.4) is 0 Å². The van der Waals surface area contributed by atoms with Crippen molar-refractivity contribution in [1.82, 2.24) is 14.7 Å². The molecule has 0 radical (unpaired) electrons. The van der Waals surface area contributed by atoms with E-state index < -0.39 is 0 Å². The van der Waals surface area contributed by atoms with Gasteiger partial charge >= 0.3 is 0 Å². The molecule has 134 valence electrons. The lowest BCUT2D eigenvalue weighted by molar-refractivity contribution is 0.0790. The van der Waals surface area contributed by atoms with E-state index in [1.54, 1.807) is 10.7 Å². The molecule has 25 heavy (non-hydrogen) atoms. The van der Waals surface area contributed by atoms with Gasteiger partial charge in [-0.05, 0) is 49.8 Å². The van der Waals surface area contributed by atoms with Crippen molar-refractivity contribution in [3.8, 4) is 5.69 Å². The molecule has 0 unspecified atom stereocenters. The molecule has 1 aromatic heterocycles. The van der Waals surface area contributed by atoms with Crippen molar-refractivity contribution < 1.29 is 9.18 Å². The molecular weight excluding hydrogens is 317 g/mol. The van der Waals surface area contributed by atoms with E-state index in [1.807, 2.05) is 17.9 Å². The fourth-order valence-corrected chi connectivity index (χ4v) is 3.51. The maximum atomic E-state index is 13.7. The molecular formula is C20H26FN3O. The number of benzene rings is 1. The molecule has 0 bridgehead atoms. The van der Waals surface area contributed by atoms with Gasteiger partial charge in [0.1, 0.15) is 5.82 Å². The Kier molecular flexibility index (Phi) is 5.21. The van der Waals surface area contributed by atoms with Gasteiger partial charge in [-0.2, -0.15) is 5.10 Å². The van der Waals surface area contributed by atoms with Crippen molar-refractivity contribution in [2.45, 2.75) is 46.5 Å². The Labute approximate surface area is 148 Å². The van der Waals surface area contributed by atoms with E-state index in [4.69, 9.17) is 5.10 Å². The van der Waals surface area contributed by atoms with E-state index in [1.165, 1.54) is 12.1 Å². The minimum absolute atomic E-state index is 0.0765. The summed E-state index contributed by atoms with van der Waals surface area (Å²) in [5.41, 5.74) is 3.09. The standard InChI is InChI=1S/C20H26FN3O/c1-4-18-19(20(25)23-10-5-6-11-23)17(12-14(2)3)22-24(18)16-9-7-8-15(21)13-16/h7-9,13-14H,4-6,10-12H2,1-3H3. The van der Waals surface area contributed by atoms with Crippen LogP contribution in [0.5, 0.6) is 0 Å². The topological polar surface area (TPSA) is 38.1 Å². The molecule has 2 aromatic rings. The molecule has 0 spiro atoms. The molecule has 0 aliphatic carbocycles. The van der Waals surface area contributed by atoms with Gasteiger partial charge in [-0.1, -0.05) is 26.8 Å². The highest BCUT2D eigenvalue weighted by molar-refractivity contribution is 5.97. The quantitative estimate of drug-likeness (QED) is 0.823. The van der Waals surface area contributed by atoms with E-state index in [2.05, 4.69) is 13.8 Å². The fourth-order valence-electron chi connectivity index (χ4n) is 3.51. The molecule has 4 nitrogen and oxygen atoms in total. The lowest BCUT2D eigenvalue weighted by Gasteiger charge is -2.17. The van der Waals surface area contributed by atoms with Gasteiger partial charge < -0.3 is 4.90 Å². The number of halogens is 1. The number of nitrogens with zero attached hydrogens (tertiary/aromatic N) is 3. The van der Waals surface area contributed by atoms with E-state index in [-0.39, 0.29) is 11.7 Å². The van der Waals surface area contributed by atoms with Crippen molar-refractivity contribution in [1.29, 1.82) is 0 Å². The predicted molar refractivity (Wildman–Crippen MR) is 96.6 cm³/mol. The Morgan fingerprint density at radius 1 is 1.28 bits per heavy atom. The smallest absolute Gasteiger partial charge is 0.257 e. The minimum Gasteiger partial charge on any atom is -0.339 e.